The predicted octanol–water partition coefficient (Wildman–Crippen LogP) is -0.282. The summed E-state index contributed by atoms with van der Waals surface area (Å²) in [4.78, 5) is 17.3. The van der Waals surface area contributed by atoms with Gasteiger partial charge < -0.3 is 14.9 Å². The average molecular weight is 279 g/mol. The van der Waals surface area contributed by atoms with E-state index in [9.17, 15) is 5.11 Å². The Bertz CT molecular complexity index is 440. The number of aromatic nitrogens is 3. The van der Waals surface area contributed by atoms with Gasteiger partial charge in [0.2, 0.25) is 17.8 Å². The molecule has 2 aliphatic rings. The van der Waals surface area contributed by atoms with Gasteiger partial charge in [0.15, 0.2) is 0 Å². The first kappa shape index (κ1) is 13.3. The minimum atomic E-state index is -0.306. The molecule has 110 valence electrons. The zero-order chi connectivity index (χ0) is 13.9. The van der Waals surface area contributed by atoms with Crippen LogP contribution in [-0.4, -0.2) is 52.3 Å². The minimum absolute atomic E-state index is 0.306. The van der Waals surface area contributed by atoms with Crippen molar-refractivity contribution in [1.82, 2.24) is 15.0 Å². The summed E-state index contributed by atoms with van der Waals surface area (Å²) in [6, 6.07) is 0. The maximum atomic E-state index is 9.64. The number of rotatable bonds is 3. The van der Waals surface area contributed by atoms with Gasteiger partial charge in [-0.1, -0.05) is 0 Å². The molecule has 20 heavy (non-hydrogen) atoms. The van der Waals surface area contributed by atoms with Crippen molar-refractivity contribution >= 4 is 17.8 Å². The smallest absolute Gasteiger partial charge is 0.243 e. The molecule has 0 aliphatic carbocycles. The quantitative estimate of drug-likeness (QED) is 0.512. The zero-order valence-electron chi connectivity index (χ0n) is 11.5. The number of nitrogen functional groups attached to an aromatic ring is 1. The number of aliphatic hydroxyl groups excluding tert-OH is 1. The second-order valence-electron chi connectivity index (χ2n) is 5.34. The molecule has 8 heteroatoms. The van der Waals surface area contributed by atoms with Crippen molar-refractivity contribution in [3.8, 4) is 0 Å². The van der Waals surface area contributed by atoms with Crippen molar-refractivity contribution in [2.24, 2.45) is 5.84 Å². The summed E-state index contributed by atoms with van der Waals surface area (Å²) in [5.74, 6) is 7.08. The van der Waals surface area contributed by atoms with Gasteiger partial charge in [0, 0.05) is 26.2 Å². The van der Waals surface area contributed by atoms with E-state index in [1.807, 2.05) is 4.90 Å². The lowest BCUT2D eigenvalue weighted by atomic mass is 10.1. The molecule has 2 aliphatic heterocycles. The Labute approximate surface area is 118 Å². The topological polar surface area (TPSA) is 103 Å². The van der Waals surface area contributed by atoms with Gasteiger partial charge in [-0.2, -0.15) is 15.0 Å². The fourth-order valence-electron chi connectivity index (χ4n) is 2.72. The Hall–Kier alpha value is -1.67. The van der Waals surface area contributed by atoms with Gasteiger partial charge in [-0.3, -0.25) is 5.43 Å². The maximum absolute atomic E-state index is 9.64. The highest BCUT2D eigenvalue weighted by atomic mass is 16.3. The average Bonchev–Trinajstić information content (AvgIpc) is 2.94. The van der Waals surface area contributed by atoms with Gasteiger partial charge in [-0.15, -0.1) is 0 Å². The van der Waals surface area contributed by atoms with Crippen LogP contribution in [-0.2, 0) is 0 Å². The van der Waals surface area contributed by atoms with Crippen LogP contribution in [0.25, 0.3) is 0 Å². The highest BCUT2D eigenvalue weighted by Crippen LogP contribution is 2.22. The molecule has 3 heterocycles. The Balaban J connectivity index is 1.86. The molecule has 0 amide bonds. The molecule has 2 saturated heterocycles. The largest absolute Gasteiger partial charge is 0.391 e. The van der Waals surface area contributed by atoms with Crippen molar-refractivity contribution in [3.05, 3.63) is 0 Å². The van der Waals surface area contributed by atoms with E-state index in [1.54, 1.807) is 0 Å². The van der Waals surface area contributed by atoms with Crippen molar-refractivity contribution in [2.45, 2.75) is 31.8 Å². The van der Waals surface area contributed by atoms with Crippen LogP contribution in [0.4, 0.5) is 17.8 Å². The van der Waals surface area contributed by atoms with Crippen molar-refractivity contribution < 1.29 is 5.11 Å². The van der Waals surface area contributed by atoms with Crippen LogP contribution in [0, 0.1) is 0 Å². The van der Waals surface area contributed by atoms with E-state index in [4.69, 9.17) is 5.84 Å². The molecule has 8 nitrogen and oxygen atoms in total. The number of β-amino-alcohol motifs (C(OH)–C–C–N with tert-alkyl or cyclic N) is 1. The molecule has 0 bridgehead atoms. The van der Waals surface area contributed by atoms with Crippen LogP contribution < -0.4 is 21.1 Å². The molecule has 0 saturated carbocycles. The molecule has 2 fully saturated rings. The summed E-state index contributed by atoms with van der Waals surface area (Å²) >= 11 is 0. The molecule has 1 unspecified atom stereocenters. The Morgan fingerprint density at radius 1 is 1.00 bits per heavy atom. The molecule has 1 aromatic heterocycles. The lowest BCUT2D eigenvalue weighted by Crippen LogP contribution is -2.33. The molecule has 1 aromatic rings. The summed E-state index contributed by atoms with van der Waals surface area (Å²) in [6.45, 7) is 3.26. The monoisotopic (exact) mass is 279 g/mol. The summed E-state index contributed by atoms with van der Waals surface area (Å²) in [6.07, 6.45) is 4.02. The van der Waals surface area contributed by atoms with E-state index >= 15 is 0 Å². The lowest BCUT2D eigenvalue weighted by molar-refractivity contribution is 0.198. The molecule has 4 N–H and O–H groups in total. The van der Waals surface area contributed by atoms with Crippen molar-refractivity contribution in [1.29, 1.82) is 0 Å². The molecule has 0 spiro atoms. The molecular formula is C12H21N7O. The number of piperidine rings is 1. The van der Waals surface area contributed by atoms with Crippen LogP contribution in [0.2, 0.25) is 0 Å². The van der Waals surface area contributed by atoms with Gasteiger partial charge in [0.25, 0.3) is 0 Å². The first-order chi connectivity index (χ1) is 9.76. The molecular weight excluding hydrogens is 258 g/mol. The van der Waals surface area contributed by atoms with Gasteiger partial charge >= 0.3 is 0 Å². The summed E-state index contributed by atoms with van der Waals surface area (Å²) < 4.78 is 0. The molecule has 0 aromatic carbocycles. The first-order valence-corrected chi connectivity index (χ1v) is 7.17. The van der Waals surface area contributed by atoms with Gasteiger partial charge in [-0.25, -0.2) is 5.84 Å². The Morgan fingerprint density at radius 2 is 1.70 bits per heavy atom. The second kappa shape index (κ2) is 5.76. The Kier molecular flexibility index (Phi) is 3.83. The summed E-state index contributed by atoms with van der Waals surface area (Å²) in [5, 5.41) is 9.64. The van der Waals surface area contributed by atoms with Gasteiger partial charge in [0.1, 0.15) is 0 Å². The number of hydrazine groups is 1. The predicted molar refractivity (Wildman–Crippen MR) is 76.5 cm³/mol. The third kappa shape index (κ3) is 2.75. The third-order valence-electron chi connectivity index (χ3n) is 3.83. The molecule has 1 atom stereocenters. The summed E-state index contributed by atoms with van der Waals surface area (Å²) in [5.41, 5.74) is 2.50. The van der Waals surface area contributed by atoms with Crippen LogP contribution >= 0.6 is 0 Å². The Morgan fingerprint density at radius 3 is 2.30 bits per heavy atom. The normalized spacial score (nSPS) is 23.2. The number of nitrogens with one attached hydrogen (secondary N) is 1. The van der Waals surface area contributed by atoms with Crippen LogP contribution in [0.5, 0.6) is 0 Å². The molecule has 3 rings (SSSR count). The van der Waals surface area contributed by atoms with E-state index < -0.39 is 0 Å². The van der Waals surface area contributed by atoms with E-state index in [0.29, 0.717) is 24.4 Å². The number of aliphatic hydroxyl groups is 1. The second-order valence-corrected chi connectivity index (χ2v) is 5.34. The van der Waals surface area contributed by atoms with E-state index in [2.05, 4.69) is 25.3 Å². The lowest BCUT2D eigenvalue weighted by Gasteiger charge is -2.27. The highest BCUT2D eigenvalue weighted by Gasteiger charge is 2.24. The number of hydrogen-bond donors (Lipinski definition) is 3. The zero-order valence-corrected chi connectivity index (χ0v) is 11.5. The van der Waals surface area contributed by atoms with Crippen molar-refractivity contribution in [2.75, 3.05) is 41.4 Å². The van der Waals surface area contributed by atoms with Crippen molar-refractivity contribution in [3.63, 3.8) is 0 Å². The SMILES string of the molecule is NNc1nc(N2CCCCC2)nc(N2CCC(O)C2)n1. The standard InChI is InChI=1S/C12H21N7O/c13-17-10-14-11(18-5-2-1-3-6-18)16-12(15-10)19-7-4-9(20)8-19/h9,20H,1-8,13H2,(H,14,15,16,17). The highest BCUT2D eigenvalue weighted by molar-refractivity contribution is 5.45. The minimum Gasteiger partial charge on any atom is -0.391 e. The van der Waals surface area contributed by atoms with E-state index in [-0.39, 0.29) is 6.10 Å². The fraction of sp³-hybridized carbons (Fsp3) is 0.750. The number of nitrogens with two attached hydrogens (primary N) is 1. The first-order valence-electron chi connectivity index (χ1n) is 7.17. The van der Waals surface area contributed by atoms with Gasteiger partial charge in [-0.05, 0) is 25.7 Å². The van der Waals surface area contributed by atoms with Crippen LogP contribution in [0.3, 0.4) is 0 Å². The summed E-state index contributed by atoms with van der Waals surface area (Å²) in [7, 11) is 0. The van der Waals surface area contributed by atoms with Crippen LogP contribution in [0.15, 0.2) is 0 Å². The van der Waals surface area contributed by atoms with Gasteiger partial charge in [0.05, 0.1) is 6.10 Å². The number of anilines is 3. The molecule has 0 radical (unpaired) electrons. The van der Waals surface area contributed by atoms with E-state index in [1.165, 1.54) is 6.42 Å². The van der Waals surface area contributed by atoms with Crippen LogP contribution in [0.1, 0.15) is 25.7 Å². The third-order valence-corrected chi connectivity index (χ3v) is 3.83. The van der Waals surface area contributed by atoms with E-state index in [0.717, 1.165) is 38.9 Å². The fourth-order valence-corrected chi connectivity index (χ4v) is 2.72. The maximum Gasteiger partial charge on any atom is 0.243 e. The number of nitrogens with zero attached hydrogens (tertiary/aromatic N) is 5. The number of hydrogen-bond acceptors (Lipinski definition) is 8.